The van der Waals surface area contributed by atoms with Crippen molar-refractivity contribution >= 4 is 27.5 Å². The summed E-state index contributed by atoms with van der Waals surface area (Å²) in [6, 6.07) is 7.10. The molecule has 4 rings (SSSR count). The average Bonchev–Trinajstić information content (AvgIpc) is 3.44. The van der Waals surface area contributed by atoms with Gasteiger partial charge in [-0.25, -0.2) is 22.9 Å². The number of carboxylic acid groups (broad SMARTS) is 1. The third kappa shape index (κ3) is 5.65. The zero-order valence-electron chi connectivity index (χ0n) is 19.3. The van der Waals surface area contributed by atoms with Crippen LogP contribution < -0.4 is 10.0 Å². The van der Waals surface area contributed by atoms with E-state index in [4.69, 9.17) is 5.11 Å². The second kappa shape index (κ2) is 9.47. The zero-order chi connectivity index (χ0) is 24.5. The van der Waals surface area contributed by atoms with Gasteiger partial charge in [0.15, 0.2) is 0 Å². The number of amides is 1. The van der Waals surface area contributed by atoms with Gasteiger partial charge in [-0.1, -0.05) is 12.1 Å². The highest BCUT2D eigenvalue weighted by Gasteiger charge is 2.29. The Bertz CT molecular complexity index is 1250. The van der Waals surface area contributed by atoms with Crippen molar-refractivity contribution in [2.45, 2.75) is 68.8 Å². The Balaban J connectivity index is 1.65. The van der Waals surface area contributed by atoms with Gasteiger partial charge in [0.1, 0.15) is 0 Å². The van der Waals surface area contributed by atoms with Crippen LogP contribution in [-0.4, -0.2) is 46.4 Å². The summed E-state index contributed by atoms with van der Waals surface area (Å²) in [5.41, 5.74) is 1.32. The van der Waals surface area contributed by atoms with E-state index in [1.165, 1.54) is 11.3 Å². The Labute approximate surface area is 203 Å². The molecule has 34 heavy (non-hydrogen) atoms. The zero-order valence-corrected chi connectivity index (χ0v) is 21.0. The van der Waals surface area contributed by atoms with Crippen LogP contribution in [-0.2, 0) is 10.0 Å². The molecule has 0 atom stereocenters. The van der Waals surface area contributed by atoms with Crippen molar-refractivity contribution in [3.8, 4) is 21.7 Å². The van der Waals surface area contributed by atoms with Crippen molar-refractivity contribution in [3.63, 3.8) is 0 Å². The van der Waals surface area contributed by atoms with Gasteiger partial charge in [-0.15, -0.1) is 11.3 Å². The molecular weight excluding hydrogens is 474 g/mol. The summed E-state index contributed by atoms with van der Waals surface area (Å²) in [7, 11) is -3.82. The van der Waals surface area contributed by atoms with Crippen LogP contribution in [0, 0.1) is 0 Å². The van der Waals surface area contributed by atoms with Gasteiger partial charge in [0.25, 0.3) is 0 Å². The first-order chi connectivity index (χ1) is 16.0. The molecule has 0 spiro atoms. The van der Waals surface area contributed by atoms with Crippen molar-refractivity contribution < 1.29 is 18.3 Å². The highest BCUT2D eigenvalue weighted by atomic mass is 32.2. The number of sulfonamides is 1. The SMILES string of the molecule is CC(C)(C)NS(=O)(=O)c1cc(-c2cc[nH]n2)ccc1-c1cnc([C@H]2CC[C@H](NC(=O)O)CC2)s1. The third-order valence-corrected chi connectivity index (χ3v) is 8.69. The fourth-order valence-corrected chi connectivity index (χ4v) is 7.10. The fourth-order valence-electron chi connectivity index (χ4n) is 4.25. The Morgan fingerprint density at radius 1 is 1.18 bits per heavy atom. The van der Waals surface area contributed by atoms with Crippen LogP contribution in [0.1, 0.15) is 57.4 Å². The van der Waals surface area contributed by atoms with E-state index in [0.717, 1.165) is 35.6 Å². The molecule has 11 heteroatoms. The molecule has 1 aromatic carbocycles. The predicted molar refractivity (Wildman–Crippen MR) is 131 cm³/mol. The van der Waals surface area contributed by atoms with Gasteiger partial charge in [-0.05, 0) is 58.6 Å². The maximum atomic E-state index is 13.4. The summed E-state index contributed by atoms with van der Waals surface area (Å²) in [6.45, 7) is 5.42. The van der Waals surface area contributed by atoms with Crippen molar-refractivity contribution in [2.75, 3.05) is 0 Å². The standard InChI is InChI=1S/C23H29N5O4S2/c1-23(2,3)28-34(31,32)20-12-15(18-10-11-25-27-18)6-9-17(20)19-13-24-21(33-19)14-4-7-16(8-5-14)26-22(29)30/h6,9-14,16,26,28H,4-5,7-8H2,1-3H3,(H,25,27)(H,29,30)/t14-,16-. The highest BCUT2D eigenvalue weighted by Crippen LogP contribution is 2.40. The Kier molecular flexibility index (Phi) is 6.79. The number of aromatic nitrogens is 3. The lowest BCUT2D eigenvalue weighted by Gasteiger charge is -2.27. The summed E-state index contributed by atoms with van der Waals surface area (Å²) in [5.74, 6) is 0.238. The van der Waals surface area contributed by atoms with Crippen LogP contribution in [0.5, 0.6) is 0 Å². The molecule has 0 aliphatic heterocycles. The largest absolute Gasteiger partial charge is 0.465 e. The number of hydrogen-bond donors (Lipinski definition) is 4. The van der Waals surface area contributed by atoms with E-state index >= 15 is 0 Å². The van der Waals surface area contributed by atoms with Crippen LogP contribution >= 0.6 is 11.3 Å². The topological polar surface area (TPSA) is 137 Å². The lowest BCUT2D eigenvalue weighted by atomic mass is 9.86. The molecule has 0 saturated heterocycles. The molecule has 4 N–H and O–H groups in total. The quantitative estimate of drug-likeness (QED) is 0.389. The van der Waals surface area contributed by atoms with Crippen LogP contribution in [0.25, 0.3) is 21.7 Å². The molecule has 0 bridgehead atoms. The second-order valence-corrected chi connectivity index (χ2v) is 12.3. The Morgan fingerprint density at radius 2 is 1.91 bits per heavy atom. The molecule has 0 unspecified atom stereocenters. The maximum Gasteiger partial charge on any atom is 0.404 e. The number of rotatable bonds is 6. The van der Waals surface area contributed by atoms with Gasteiger partial charge in [0.05, 0.1) is 20.5 Å². The van der Waals surface area contributed by atoms with Gasteiger partial charge < -0.3 is 10.4 Å². The highest BCUT2D eigenvalue weighted by molar-refractivity contribution is 7.89. The Hall–Kier alpha value is -2.76. The first kappa shape index (κ1) is 24.4. The minimum absolute atomic E-state index is 0.0250. The van der Waals surface area contributed by atoms with E-state index in [2.05, 4.69) is 25.2 Å². The van der Waals surface area contributed by atoms with E-state index in [-0.39, 0.29) is 16.9 Å². The summed E-state index contributed by atoms with van der Waals surface area (Å²) >= 11 is 1.50. The molecule has 1 fully saturated rings. The molecule has 2 heterocycles. The van der Waals surface area contributed by atoms with E-state index in [1.807, 2.05) is 32.9 Å². The monoisotopic (exact) mass is 503 g/mol. The summed E-state index contributed by atoms with van der Waals surface area (Å²) in [5, 5.41) is 19.4. The second-order valence-electron chi connectivity index (χ2n) is 9.59. The number of nitrogens with zero attached hydrogens (tertiary/aromatic N) is 2. The predicted octanol–water partition coefficient (Wildman–Crippen LogP) is 4.57. The first-order valence-electron chi connectivity index (χ1n) is 11.2. The number of thiazole rings is 1. The normalized spacial score (nSPS) is 19.1. The average molecular weight is 504 g/mol. The molecule has 1 aliphatic carbocycles. The van der Waals surface area contributed by atoms with Crippen LogP contribution in [0.2, 0.25) is 0 Å². The molecule has 0 radical (unpaired) electrons. The van der Waals surface area contributed by atoms with Crippen molar-refractivity contribution in [2.24, 2.45) is 0 Å². The lowest BCUT2D eigenvalue weighted by molar-refractivity contribution is 0.185. The molecule has 1 amide bonds. The number of H-pyrrole nitrogens is 1. The van der Waals surface area contributed by atoms with Crippen LogP contribution in [0.15, 0.2) is 41.6 Å². The van der Waals surface area contributed by atoms with Gasteiger partial charge >= 0.3 is 6.09 Å². The number of nitrogens with one attached hydrogen (secondary N) is 3. The van der Waals surface area contributed by atoms with Crippen molar-refractivity contribution in [3.05, 3.63) is 41.7 Å². The molecular formula is C23H29N5O4S2. The summed E-state index contributed by atoms with van der Waals surface area (Å²) in [6.07, 6.45) is 5.65. The van der Waals surface area contributed by atoms with Gasteiger partial charge in [-0.2, -0.15) is 5.10 Å². The van der Waals surface area contributed by atoms with Crippen molar-refractivity contribution in [1.29, 1.82) is 0 Å². The van der Waals surface area contributed by atoms with E-state index < -0.39 is 21.7 Å². The van der Waals surface area contributed by atoms with E-state index in [0.29, 0.717) is 16.8 Å². The van der Waals surface area contributed by atoms with Crippen LogP contribution in [0.4, 0.5) is 4.79 Å². The molecule has 1 saturated carbocycles. The first-order valence-corrected chi connectivity index (χ1v) is 13.5. The molecule has 9 nitrogen and oxygen atoms in total. The van der Waals surface area contributed by atoms with Crippen molar-refractivity contribution in [1.82, 2.24) is 25.2 Å². The lowest BCUT2D eigenvalue weighted by Crippen LogP contribution is -2.40. The molecule has 182 valence electrons. The van der Waals surface area contributed by atoms with Gasteiger partial charge in [0, 0.05) is 41.0 Å². The van der Waals surface area contributed by atoms with Crippen LogP contribution in [0.3, 0.4) is 0 Å². The minimum Gasteiger partial charge on any atom is -0.465 e. The smallest absolute Gasteiger partial charge is 0.404 e. The number of aromatic amines is 1. The maximum absolute atomic E-state index is 13.4. The number of hydrogen-bond acceptors (Lipinski definition) is 6. The fraction of sp³-hybridized carbons (Fsp3) is 0.435. The third-order valence-electron chi connectivity index (χ3n) is 5.70. The Morgan fingerprint density at radius 3 is 2.53 bits per heavy atom. The summed E-state index contributed by atoms with van der Waals surface area (Å²) < 4.78 is 29.5. The number of carbonyl (C=O) groups is 1. The molecule has 3 aromatic rings. The minimum atomic E-state index is -3.82. The van der Waals surface area contributed by atoms with E-state index in [9.17, 15) is 13.2 Å². The summed E-state index contributed by atoms with van der Waals surface area (Å²) in [4.78, 5) is 16.5. The van der Waals surface area contributed by atoms with E-state index in [1.54, 1.807) is 24.5 Å². The van der Waals surface area contributed by atoms with Gasteiger partial charge in [-0.3, -0.25) is 5.10 Å². The van der Waals surface area contributed by atoms with Gasteiger partial charge in [0.2, 0.25) is 10.0 Å². The number of benzene rings is 1. The molecule has 2 aromatic heterocycles. The molecule has 1 aliphatic rings.